The van der Waals surface area contributed by atoms with Gasteiger partial charge in [-0.1, -0.05) is 38.2 Å². The second-order valence-electron chi connectivity index (χ2n) is 6.02. The molecule has 1 rings (SSSR count). The number of nitrogens with zero attached hydrogens (tertiary/aromatic N) is 3. The van der Waals surface area contributed by atoms with Gasteiger partial charge >= 0.3 is 12.1 Å². The monoisotopic (exact) mass is 279 g/mol. The first-order valence-electron chi connectivity index (χ1n) is 6.86. The van der Waals surface area contributed by atoms with Gasteiger partial charge in [0.2, 0.25) is 0 Å². The first-order chi connectivity index (χ1) is 9.22. The molecule has 0 aromatic rings. The van der Waals surface area contributed by atoms with Crippen LogP contribution in [0.1, 0.15) is 27.7 Å². The fourth-order valence-corrected chi connectivity index (χ4v) is 2.18. The normalized spacial score (nSPS) is 16.1. The minimum atomic E-state index is -0.263. The van der Waals surface area contributed by atoms with Gasteiger partial charge in [0.25, 0.3) is 0 Å². The molecule has 20 heavy (non-hydrogen) atoms. The highest BCUT2D eigenvalue weighted by atomic mass is 16.2. The fourth-order valence-electron chi connectivity index (χ4n) is 2.18. The lowest BCUT2D eigenvalue weighted by Gasteiger charge is -2.41. The van der Waals surface area contributed by atoms with Gasteiger partial charge in [-0.05, 0) is 19.8 Å². The summed E-state index contributed by atoms with van der Waals surface area (Å²) < 4.78 is 0. The van der Waals surface area contributed by atoms with Gasteiger partial charge in [-0.3, -0.25) is 0 Å². The van der Waals surface area contributed by atoms with E-state index in [9.17, 15) is 9.59 Å². The quantitative estimate of drug-likeness (QED) is 0.702. The van der Waals surface area contributed by atoms with Crippen LogP contribution in [0.15, 0.2) is 24.3 Å². The molecule has 0 N–H and O–H groups in total. The summed E-state index contributed by atoms with van der Waals surface area (Å²) in [6, 6.07) is -0.495. The molecular formula is C15H25N3O2. The van der Waals surface area contributed by atoms with Gasteiger partial charge in [-0.25, -0.2) is 14.5 Å². The van der Waals surface area contributed by atoms with E-state index in [1.54, 1.807) is 9.80 Å². The van der Waals surface area contributed by atoms with Crippen molar-refractivity contribution in [3.63, 3.8) is 0 Å². The Morgan fingerprint density at radius 3 is 2.00 bits per heavy atom. The van der Waals surface area contributed by atoms with Crippen LogP contribution in [0.2, 0.25) is 0 Å². The zero-order valence-electron chi connectivity index (χ0n) is 13.0. The number of hydrogen-bond donors (Lipinski definition) is 0. The van der Waals surface area contributed by atoms with Crippen molar-refractivity contribution in [3.8, 4) is 0 Å². The smallest absolute Gasteiger partial charge is 0.306 e. The molecule has 0 aromatic heterocycles. The van der Waals surface area contributed by atoms with Crippen LogP contribution in [0.3, 0.4) is 0 Å². The SMILES string of the molecule is C=C(C)CN1CN(CC(C)C)C(=O)N(CC(=C)C)C1=O. The Morgan fingerprint density at radius 1 is 1.05 bits per heavy atom. The van der Waals surface area contributed by atoms with Crippen molar-refractivity contribution in [2.75, 3.05) is 26.3 Å². The third-order valence-electron chi connectivity index (χ3n) is 2.82. The molecule has 0 aliphatic carbocycles. The molecule has 0 unspecified atom stereocenters. The Labute approximate surface area is 121 Å². The van der Waals surface area contributed by atoms with E-state index in [1.807, 2.05) is 13.8 Å². The maximum atomic E-state index is 12.4. The van der Waals surface area contributed by atoms with E-state index in [-0.39, 0.29) is 18.6 Å². The first kappa shape index (κ1) is 16.3. The molecule has 5 heteroatoms. The van der Waals surface area contributed by atoms with Gasteiger partial charge in [0.05, 0.1) is 13.2 Å². The molecule has 0 bridgehead atoms. The Kier molecular flexibility index (Phi) is 5.36. The van der Waals surface area contributed by atoms with Crippen molar-refractivity contribution in [1.29, 1.82) is 0 Å². The lowest BCUT2D eigenvalue weighted by molar-refractivity contribution is 0.0795. The summed E-state index contributed by atoms with van der Waals surface area (Å²) in [6.45, 7) is 17.1. The van der Waals surface area contributed by atoms with Gasteiger partial charge in [-0.2, -0.15) is 0 Å². The average Bonchev–Trinajstić information content (AvgIpc) is 2.29. The summed E-state index contributed by atoms with van der Waals surface area (Å²) in [4.78, 5) is 29.4. The van der Waals surface area contributed by atoms with Crippen molar-refractivity contribution in [2.45, 2.75) is 27.7 Å². The Balaban J connectivity index is 2.95. The third kappa shape index (κ3) is 4.11. The zero-order chi connectivity index (χ0) is 15.4. The van der Waals surface area contributed by atoms with E-state index in [1.165, 1.54) is 4.90 Å². The van der Waals surface area contributed by atoms with Crippen LogP contribution in [0, 0.1) is 5.92 Å². The molecule has 0 aromatic carbocycles. The zero-order valence-corrected chi connectivity index (χ0v) is 13.0. The van der Waals surface area contributed by atoms with Gasteiger partial charge in [0, 0.05) is 13.1 Å². The summed E-state index contributed by atoms with van der Waals surface area (Å²) in [6.07, 6.45) is 0. The van der Waals surface area contributed by atoms with Crippen LogP contribution < -0.4 is 0 Å². The number of rotatable bonds is 6. The van der Waals surface area contributed by atoms with Crippen molar-refractivity contribution >= 4 is 12.1 Å². The van der Waals surface area contributed by atoms with Gasteiger partial charge in [-0.15, -0.1) is 0 Å². The minimum Gasteiger partial charge on any atom is -0.306 e. The predicted octanol–water partition coefficient (Wildman–Crippen LogP) is 2.91. The third-order valence-corrected chi connectivity index (χ3v) is 2.82. The standard InChI is InChI=1S/C15H25N3O2/c1-11(2)7-16-10-17(8-12(3)4)15(20)18(14(16)19)9-13(5)6/h12H,1,5,7-10H2,2-4,6H3. The van der Waals surface area contributed by atoms with E-state index in [4.69, 9.17) is 0 Å². The molecule has 1 aliphatic heterocycles. The minimum absolute atomic E-state index is 0.232. The number of urea groups is 2. The van der Waals surface area contributed by atoms with Gasteiger partial charge < -0.3 is 9.80 Å². The van der Waals surface area contributed by atoms with Crippen molar-refractivity contribution in [2.24, 2.45) is 5.92 Å². The molecular weight excluding hydrogens is 254 g/mol. The van der Waals surface area contributed by atoms with Crippen LogP contribution in [0.25, 0.3) is 0 Å². The summed E-state index contributed by atoms with van der Waals surface area (Å²) in [7, 11) is 0. The second kappa shape index (κ2) is 6.59. The second-order valence-corrected chi connectivity index (χ2v) is 6.02. The number of carbonyl (C=O) groups excluding carboxylic acids is 2. The molecule has 1 heterocycles. The molecule has 1 fully saturated rings. The molecule has 0 spiro atoms. The Hall–Kier alpha value is -1.78. The average molecular weight is 279 g/mol. The number of imide groups is 1. The van der Waals surface area contributed by atoms with Crippen molar-refractivity contribution in [1.82, 2.24) is 14.7 Å². The Bertz CT molecular complexity index is 429. The summed E-state index contributed by atoms with van der Waals surface area (Å²) in [5, 5.41) is 0. The van der Waals surface area contributed by atoms with E-state index in [0.29, 0.717) is 25.7 Å². The molecule has 0 radical (unpaired) electrons. The van der Waals surface area contributed by atoms with Crippen molar-refractivity contribution in [3.05, 3.63) is 24.3 Å². The molecule has 1 aliphatic rings. The van der Waals surface area contributed by atoms with Crippen LogP contribution >= 0.6 is 0 Å². The highest BCUT2D eigenvalue weighted by Crippen LogP contribution is 2.16. The lowest BCUT2D eigenvalue weighted by Crippen LogP contribution is -2.61. The van der Waals surface area contributed by atoms with Crippen LogP contribution in [-0.4, -0.2) is 53.1 Å². The number of hydrogen-bond acceptors (Lipinski definition) is 2. The predicted molar refractivity (Wildman–Crippen MR) is 80.2 cm³/mol. The molecule has 4 amide bonds. The van der Waals surface area contributed by atoms with E-state index in [0.717, 1.165) is 11.1 Å². The van der Waals surface area contributed by atoms with E-state index in [2.05, 4.69) is 27.0 Å². The van der Waals surface area contributed by atoms with E-state index >= 15 is 0 Å². The largest absolute Gasteiger partial charge is 0.330 e. The maximum Gasteiger partial charge on any atom is 0.330 e. The van der Waals surface area contributed by atoms with Crippen molar-refractivity contribution < 1.29 is 9.59 Å². The summed E-state index contributed by atoms with van der Waals surface area (Å²) >= 11 is 0. The van der Waals surface area contributed by atoms with Crippen LogP contribution in [0.5, 0.6) is 0 Å². The number of amides is 4. The molecule has 0 atom stereocenters. The lowest BCUT2D eigenvalue weighted by atomic mass is 10.2. The first-order valence-corrected chi connectivity index (χ1v) is 6.86. The highest BCUT2D eigenvalue weighted by Gasteiger charge is 2.36. The van der Waals surface area contributed by atoms with Gasteiger partial charge in [0.15, 0.2) is 0 Å². The molecule has 0 saturated carbocycles. The summed E-state index contributed by atoms with van der Waals surface area (Å²) in [5.41, 5.74) is 1.68. The topological polar surface area (TPSA) is 43.9 Å². The van der Waals surface area contributed by atoms with E-state index < -0.39 is 0 Å². The highest BCUT2D eigenvalue weighted by molar-refractivity contribution is 5.96. The number of carbonyl (C=O) groups is 2. The van der Waals surface area contributed by atoms with Crippen LogP contribution in [-0.2, 0) is 0 Å². The summed E-state index contributed by atoms with van der Waals surface area (Å²) in [5.74, 6) is 0.352. The molecule has 5 nitrogen and oxygen atoms in total. The van der Waals surface area contributed by atoms with Crippen LogP contribution in [0.4, 0.5) is 9.59 Å². The fraction of sp³-hybridized carbons (Fsp3) is 0.600. The molecule has 1 saturated heterocycles. The maximum absolute atomic E-state index is 12.4. The Morgan fingerprint density at radius 2 is 1.55 bits per heavy atom. The molecule has 112 valence electrons. The van der Waals surface area contributed by atoms with Gasteiger partial charge in [0.1, 0.15) is 0 Å².